The van der Waals surface area contributed by atoms with E-state index in [0.717, 1.165) is 80.3 Å². The first kappa shape index (κ1) is 17.0. The molecule has 0 atom stereocenters. The van der Waals surface area contributed by atoms with Crippen LogP contribution >= 0.6 is 0 Å². The molecule has 0 spiro atoms. The predicted octanol–water partition coefficient (Wildman–Crippen LogP) is 2.52. The normalized spacial score (nSPS) is 16.6. The minimum absolute atomic E-state index is 0.0633. The molecule has 0 saturated carbocycles. The highest BCUT2D eigenvalue weighted by atomic mass is 16.5. The lowest BCUT2D eigenvalue weighted by Gasteiger charge is -2.24. The molecule has 0 unspecified atom stereocenters. The number of aryl methyl sites for hydroxylation is 2. The third-order valence-electron chi connectivity index (χ3n) is 5.19. The summed E-state index contributed by atoms with van der Waals surface area (Å²) in [6, 6.07) is 1.86. The van der Waals surface area contributed by atoms with Crippen molar-refractivity contribution in [2.24, 2.45) is 0 Å². The Balaban J connectivity index is 1.64. The van der Waals surface area contributed by atoms with Gasteiger partial charge in [0.1, 0.15) is 17.1 Å². The van der Waals surface area contributed by atoms with Crippen molar-refractivity contribution >= 4 is 11.9 Å². The predicted molar refractivity (Wildman–Crippen MR) is 97.2 cm³/mol. The summed E-state index contributed by atoms with van der Waals surface area (Å²) in [4.78, 5) is 26.5. The maximum atomic E-state index is 13.2. The smallest absolute Gasteiger partial charge is 0.273 e. The molecule has 1 aliphatic heterocycles. The van der Waals surface area contributed by atoms with Crippen molar-refractivity contribution in [3.8, 4) is 0 Å². The molecular weight excluding hydrogens is 330 g/mol. The first-order valence-corrected chi connectivity index (χ1v) is 9.44. The van der Waals surface area contributed by atoms with Crippen molar-refractivity contribution < 1.29 is 9.32 Å². The Labute approximate surface area is 153 Å². The van der Waals surface area contributed by atoms with Gasteiger partial charge in [-0.05, 0) is 45.4 Å². The Kier molecular flexibility index (Phi) is 4.61. The molecule has 0 N–H and O–H groups in total. The van der Waals surface area contributed by atoms with Gasteiger partial charge in [-0.15, -0.1) is 0 Å². The van der Waals surface area contributed by atoms with Gasteiger partial charge >= 0.3 is 0 Å². The second-order valence-electron chi connectivity index (χ2n) is 7.29. The minimum atomic E-state index is -0.0633. The van der Waals surface area contributed by atoms with Crippen LogP contribution in [0.2, 0.25) is 0 Å². The third kappa shape index (κ3) is 3.30. The lowest BCUT2D eigenvalue weighted by atomic mass is 9.94. The van der Waals surface area contributed by atoms with Crippen molar-refractivity contribution in [3.63, 3.8) is 0 Å². The number of amides is 1. The molecule has 1 saturated heterocycles. The summed E-state index contributed by atoms with van der Waals surface area (Å²) in [5.41, 5.74) is 3.41. The lowest BCUT2D eigenvalue weighted by Crippen LogP contribution is -2.31. The number of aromatic nitrogens is 3. The van der Waals surface area contributed by atoms with E-state index in [9.17, 15) is 4.79 Å². The highest BCUT2D eigenvalue weighted by molar-refractivity contribution is 5.94. The fraction of sp³-hybridized carbons (Fsp3) is 0.579. The number of hydrogen-bond donors (Lipinski definition) is 0. The van der Waals surface area contributed by atoms with E-state index in [1.54, 1.807) is 11.9 Å². The molecule has 1 aliphatic carbocycles. The number of hydrogen-bond acceptors (Lipinski definition) is 6. The van der Waals surface area contributed by atoms with E-state index in [1.165, 1.54) is 0 Å². The van der Waals surface area contributed by atoms with E-state index < -0.39 is 0 Å². The zero-order valence-electron chi connectivity index (χ0n) is 15.5. The van der Waals surface area contributed by atoms with Crippen molar-refractivity contribution in [1.29, 1.82) is 0 Å². The van der Waals surface area contributed by atoms with Gasteiger partial charge < -0.3 is 14.3 Å². The Morgan fingerprint density at radius 1 is 1.19 bits per heavy atom. The number of nitrogens with zero attached hydrogens (tertiary/aromatic N) is 5. The number of rotatable bonds is 4. The number of fused-ring (bicyclic) bond motifs is 1. The summed E-state index contributed by atoms with van der Waals surface area (Å²) >= 11 is 0. The molecule has 0 aromatic carbocycles. The lowest BCUT2D eigenvalue weighted by molar-refractivity contribution is 0.0774. The topological polar surface area (TPSA) is 75.4 Å². The van der Waals surface area contributed by atoms with Gasteiger partial charge in [0.15, 0.2) is 0 Å². The summed E-state index contributed by atoms with van der Waals surface area (Å²) in [6.07, 6.45) is 6.36. The second-order valence-corrected chi connectivity index (χ2v) is 7.29. The largest absolute Gasteiger partial charge is 0.361 e. The summed E-state index contributed by atoms with van der Waals surface area (Å²) in [5.74, 6) is 1.40. The van der Waals surface area contributed by atoms with E-state index in [1.807, 2.05) is 13.0 Å². The Hall–Kier alpha value is -2.44. The molecule has 0 radical (unpaired) electrons. The highest BCUT2D eigenvalue weighted by Gasteiger charge is 2.27. The maximum absolute atomic E-state index is 13.2. The van der Waals surface area contributed by atoms with Crippen LogP contribution in [0.1, 0.15) is 58.9 Å². The van der Waals surface area contributed by atoms with Crippen molar-refractivity contribution in [1.82, 2.24) is 20.0 Å². The molecule has 26 heavy (non-hydrogen) atoms. The SMILES string of the molecule is Cc1cc(CN(C)C(=O)c2nc(N3CCCC3)nc3c2CCCC3)no1. The Morgan fingerprint density at radius 2 is 1.96 bits per heavy atom. The molecule has 1 fully saturated rings. The van der Waals surface area contributed by atoms with Crippen molar-refractivity contribution in [3.05, 3.63) is 34.5 Å². The third-order valence-corrected chi connectivity index (χ3v) is 5.19. The van der Waals surface area contributed by atoms with Crippen molar-refractivity contribution in [2.75, 3.05) is 25.0 Å². The standard InChI is InChI=1S/C19H25N5O2/c1-13-11-14(22-26-13)12-23(2)18(25)17-15-7-3-4-8-16(15)20-19(21-17)24-9-5-6-10-24/h11H,3-10,12H2,1-2H3. The average Bonchev–Trinajstić information content (AvgIpc) is 3.32. The molecule has 7 nitrogen and oxygen atoms in total. The van der Waals surface area contributed by atoms with Gasteiger partial charge in [0.2, 0.25) is 5.95 Å². The van der Waals surface area contributed by atoms with Gasteiger partial charge in [-0.1, -0.05) is 5.16 Å². The molecule has 3 heterocycles. The van der Waals surface area contributed by atoms with Crippen LogP contribution in [0.25, 0.3) is 0 Å². The fourth-order valence-corrected chi connectivity index (χ4v) is 3.80. The number of anilines is 1. The number of carbonyl (C=O) groups excluding carboxylic acids is 1. The van der Waals surface area contributed by atoms with Gasteiger partial charge in [-0.3, -0.25) is 4.79 Å². The van der Waals surface area contributed by atoms with Crippen LogP contribution in [0, 0.1) is 6.92 Å². The van der Waals surface area contributed by atoms with Crippen LogP contribution in [0.5, 0.6) is 0 Å². The van der Waals surface area contributed by atoms with Crippen LogP contribution in [-0.4, -0.2) is 46.1 Å². The van der Waals surface area contributed by atoms with Gasteiger partial charge in [0.05, 0.1) is 6.54 Å². The molecule has 2 aromatic rings. The second kappa shape index (κ2) is 7.05. The van der Waals surface area contributed by atoms with E-state index in [-0.39, 0.29) is 5.91 Å². The number of carbonyl (C=O) groups is 1. The summed E-state index contributed by atoms with van der Waals surface area (Å²) in [6.45, 7) is 4.20. The van der Waals surface area contributed by atoms with Crippen LogP contribution < -0.4 is 4.90 Å². The van der Waals surface area contributed by atoms with Crippen LogP contribution in [-0.2, 0) is 19.4 Å². The van der Waals surface area contributed by atoms with Gasteiger partial charge in [-0.2, -0.15) is 0 Å². The van der Waals surface area contributed by atoms with Gasteiger partial charge in [-0.25, -0.2) is 9.97 Å². The minimum Gasteiger partial charge on any atom is -0.361 e. The quantitative estimate of drug-likeness (QED) is 0.839. The van der Waals surface area contributed by atoms with E-state index in [2.05, 4.69) is 10.1 Å². The average molecular weight is 355 g/mol. The van der Waals surface area contributed by atoms with Gasteiger partial charge in [0, 0.05) is 37.5 Å². The summed E-state index contributed by atoms with van der Waals surface area (Å²) in [5, 5.41) is 3.99. The fourth-order valence-electron chi connectivity index (χ4n) is 3.80. The molecule has 7 heteroatoms. The first-order chi connectivity index (χ1) is 12.6. The van der Waals surface area contributed by atoms with E-state index >= 15 is 0 Å². The van der Waals surface area contributed by atoms with Crippen LogP contribution in [0.3, 0.4) is 0 Å². The Morgan fingerprint density at radius 3 is 2.69 bits per heavy atom. The molecule has 1 amide bonds. The van der Waals surface area contributed by atoms with Crippen LogP contribution in [0.15, 0.2) is 10.6 Å². The maximum Gasteiger partial charge on any atom is 0.273 e. The summed E-state index contributed by atoms with van der Waals surface area (Å²) in [7, 11) is 1.79. The molecule has 0 bridgehead atoms. The highest BCUT2D eigenvalue weighted by Crippen LogP contribution is 2.27. The summed E-state index contributed by atoms with van der Waals surface area (Å²) < 4.78 is 5.11. The zero-order valence-corrected chi connectivity index (χ0v) is 15.5. The monoisotopic (exact) mass is 355 g/mol. The van der Waals surface area contributed by atoms with Crippen molar-refractivity contribution in [2.45, 2.75) is 52.0 Å². The first-order valence-electron chi connectivity index (χ1n) is 9.44. The molecule has 4 rings (SSSR count). The van der Waals surface area contributed by atoms with E-state index in [4.69, 9.17) is 14.5 Å². The van der Waals surface area contributed by atoms with Gasteiger partial charge in [0.25, 0.3) is 5.91 Å². The van der Waals surface area contributed by atoms with Crippen LogP contribution in [0.4, 0.5) is 5.95 Å². The molecule has 2 aliphatic rings. The Bertz CT molecular complexity index is 810. The zero-order chi connectivity index (χ0) is 18.1. The molecule has 2 aromatic heterocycles. The molecular formula is C19H25N5O2. The van der Waals surface area contributed by atoms with E-state index in [0.29, 0.717) is 12.2 Å². The molecule has 138 valence electrons.